The van der Waals surface area contributed by atoms with Gasteiger partial charge in [0.2, 0.25) is 5.91 Å². The molecule has 2 aliphatic rings. The molecule has 2 unspecified atom stereocenters. The van der Waals surface area contributed by atoms with Crippen molar-refractivity contribution in [2.75, 3.05) is 0 Å². The van der Waals surface area contributed by atoms with Crippen LogP contribution in [0.1, 0.15) is 42.1 Å². The lowest BCUT2D eigenvalue weighted by molar-refractivity contribution is -0.126. The van der Waals surface area contributed by atoms with Crippen molar-refractivity contribution < 1.29 is 14.0 Å². The molecule has 2 N–H and O–H groups in total. The maximum atomic E-state index is 13.6. The Labute approximate surface area is 133 Å². The maximum Gasteiger partial charge on any atom is 0.251 e. The van der Waals surface area contributed by atoms with Gasteiger partial charge in [-0.3, -0.25) is 9.59 Å². The Balaban J connectivity index is 1.59. The van der Waals surface area contributed by atoms with Crippen LogP contribution in [0.15, 0.2) is 24.3 Å². The fraction of sp³-hybridized carbons (Fsp3) is 0.500. The summed E-state index contributed by atoms with van der Waals surface area (Å²) in [5, 5.41) is 3.65. The molecule has 2 atom stereocenters. The first kappa shape index (κ1) is 15.3. The van der Waals surface area contributed by atoms with E-state index in [1.807, 2.05) is 6.07 Å². The third-order valence-electron chi connectivity index (χ3n) is 4.31. The lowest BCUT2D eigenvalue weighted by atomic mass is 10.1. The van der Waals surface area contributed by atoms with Crippen LogP contribution in [0, 0.1) is 5.41 Å². The van der Waals surface area contributed by atoms with Crippen molar-refractivity contribution >= 4 is 23.4 Å². The zero-order valence-corrected chi connectivity index (χ0v) is 13.0. The molecule has 2 fully saturated rings. The van der Waals surface area contributed by atoms with Gasteiger partial charge in [-0.05, 0) is 37.5 Å². The number of carbonyl (C=O) groups is 2. The summed E-state index contributed by atoms with van der Waals surface area (Å²) in [4.78, 5) is 23.9. The first-order valence-corrected chi connectivity index (χ1v) is 7.75. The molecule has 1 aromatic rings. The molecule has 0 radical (unpaired) electrons. The van der Waals surface area contributed by atoms with Gasteiger partial charge >= 0.3 is 0 Å². The zero-order chi connectivity index (χ0) is 16.0. The van der Waals surface area contributed by atoms with Crippen molar-refractivity contribution in [1.82, 2.24) is 10.6 Å². The van der Waals surface area contributed by atoms with Gasteiger partial charge in [0.15, 0.2) is 5.13 Å². The van der Waals surface area contributed by atoms with E-state index >= 15 is 0 Å². The fourth-order valence-electron chi connectivity index (χ4n) is 2.34. The smallest absolute Gasteiger partial charge is 0.251 e. The summed E-state index contributed by atoms with van der Waals surface area (Å²) in [6.45, 7) is 1.75. The third-order valence-corrected chi connectivity index (χ3v) is 4.86. The monoisotopic (exact) mass is 324 g/mol. The largest absolute Gasteiger partial charge is 0.351 e. The van der Waals surface area contributed by atoms with Crippen molar-refractivity contribution in [2.45, 2.75) is 43.9 Å². The molecule has 118 valence electrons. The third kappa shape index (κ3) is 2.95. The van der Waals surface area contributed by atoms with E-state index in [0.717, 1.165) is 18.4 Å². The number of hydrogen-bond donors (Lipinski definition) is 2. The quantitative estimate of drug-likeness (QED) is 0.818. The second kappa shape index (κ2) is 5.23. The number of alkyl halides is 2. The molecular weight excluding hydrogens is 307 g/mol. The van der Waals surface area contributed by atoms with Crippen molar-refractivity contribution in [3.05, 3.63) is 35.4 Å². The van der Waals surface area contributed by atoms with Crippen molar-refractivity contribution in [3.63, 3.8) is 0 Å². The average Bonchev–Trinajstić information content (AvgIpc) is 3.36. The van der Waals surface area contributed by atoms with Crippen LogP contribution in [0.25, 0.3) is 0 Å². The van der Waals surface area contributed by atoms with Crippen LogP contribution in [-0.4, -0.2) is 23.0 Å². The molecule has 3 rings (SSSR count). The van der Waals surface area contributed by atoms with Gasteiger partial charge in [0.25, 0.3) is 5.91 Å². The Morgan fingerprint density at radius 2 is 2.09 bits per heavy atom. The topological polar surface area (TPSA) is 58.2 Å². The van der Waals surface area contributed by atoms with Crippen molar-refractivity contribution in [1.29, 1.82) is 0 Å². The summed E-state index contributed by atoms with van der Waals surface area (Å²) in [6, 6.07) is 7.34. The molecule has 22 heavy (non-hydrogen) atoms. The van der Waals surface area contributed by atoms with Gasteiger partial charge in [-0.15, -0.1) is 0 Å². The summed E-state index contributed by atoms with van der Waals surface area (Å²) >= 11 is 5.57. The second-order valence-electron chi connectivity index (χ2n) is 6.34. The Morgan fingerprint density at radius 1 is 1.41 bits per heavy atom. The van der Waals surface area contributed by atoms with Crippen LogP contribution in [0.2, 0.25) is 0 Å². The number of amides is 2. The van der Waals surface area contributed by atoms with E-state index in [9.17, 15) is 14.0 Å². The summed E-state index contributed by atoms with van der Waals surface area (Å²) in [5.41, 5.74) is 0.198. The van der Waals surface area contributed by atoms with Gasteiger partial charge in [0, 0.05) is 24.6 Å². The molecule has 0 saturated heterocycles. The number of nitrogens with one attached hydrogen (secondary N) is 2. The standard InChI is InChI=1S/C16H18ClFN2O2/c1-15(9-16(15,17)18)14(22)19-8-10-3-2-4-11(7-10)13(21)20-12-5-6-12/h2-4,7,12H,5-6,8-9H2,1H3,(H,19,22)(H,20,21). The summed E-state index contributed by atoms with van der Waals surface area (Å²) < 4.78 is 13.6. The lowest BCUT2D eigenvalue weighted by Gasteiger charge is -2.12. The minimum Gasteiger partial charge on any atom is -0.351 e. The summed E-state index contributed by atoms with van der Waals surface area (Å²) in [6.07, 6.45) is 2.09. The molecule has 0 aliphatic heterocycles. The van der Waals surface area contributed by atoms with Crippen LogP contribution in [0.5, 0.6) is 0 Å². The van der Waals surface area contributed by atoms with Crippen LogP contribution < -0.4 is 10.6 Å². The number of benzene rings is 1. The maximum absolute atomic E-state index is 13.6. The van der Waals surface area contributed by atoms with E-state index in [4.69, 9.17) is 11.6 Å². The normalized spacial score (nSPS) is 29.8. The van der Waals surface area contributed by atoms with E-state index in [1.54, 1.807) is 18.2 Å². The van der Waals surface area contributed by atoms with Gasteiger partial charge in [0.05, 0.1) is 5.41 Å². The van der Waals surface area contributed by atoms with E-state index in [-0.39, 0.29) is 18.9 Å². The highest BCUT2D eigenvalue weighted by atomic mass is 35.5. The van der Waals surface area contributed by atoms with Crippen LogP contribution in [-0.2, 0) is 11.3 Å². The number of carbonyl (C=O) groups excluding carboxylic acids is 2. The minimum atomic E-state index is -1.94. The molecule has 2 amide bonds. The van der Waals surface area contributed by atoms with Crippen LogP contribution in [0.4, 0.5) is 4.39 Å². The number of hydrogen-bond acceptors (Lipinski definition) is 2. The molecule has 0 spiro atoms. The average molecular weight is 325 g/mol. The molecule has 1 aromatic carbocycles. The first-order valence-electron chi connectivity index (χ1n) is 7.38. The fourth-order valence-corrected chi connectivity index (χ4v) is 2.70. The summed E-state index contributed by atoms with van der Waals surface area (Å²) in [7, 11) is 0. The van der Waals surface area contributed by atoms with Gasteiger partial charge < -0.3 is 10.6 Å². The van der Waals surface area contributed by atoms with E-state index in [1.165, 1.54) is 6.92 Å². The molecule has 4 nitrogen and oxygen atoms in total. The van der Waals surface area contributed by atoms with E-state index in [2.05, 4.69) is 10.6 Å². The van der Waals surface area contributed by atoms with Gasteiger partial charge in [0.1, 0.15) is 0 Å². The van der Waals surface area contributed by atoms with Crippen LogP contribution in [0.3, 0.4) is 0 Å². The number of halogens is 2. The van der Waals surface area contributed by atoms with E-state index in [0.29, 0.717) is 11.6 Å². The van der Waals surface area contributed by atoms with Crippen molar-refractivity contribution in [2.24, 2.45) is 5.41 Å². The molecule has 0 aromatic heterocycles. The second-order valence-corrected chi connectivity index (χ2v) is 6.94. The molecule has 0 bridgehead atoms. The molecule has 6 heteroatoms. The Bertz CT molecular complexity index is 630. The molecule has 0 heterocycles. The lowest BCUT2D eigenvalue weighted by Crippen LogP contribution is -2.33. The highest BCUT2D eigenvalue weighted by Gasteiger charge is 2.70. The SMILES string of the molecule is CC1(C(=O)NCc2cccc(C(=O)NC3CC3)c2)CC1(F)Cl. The molecular formula is C16H18ClFN2O2. The predicted octanol–water partition coefficient (Wildman–Crippen LogP) is 2.51. The first-order chi connectivity index (χ1) is 10.3. The minimum absolute atomic E-state index is 0.0250. The predicted molar refractivity (Wildman–Crippen MR) is 81.2 cm³/mol. The van der Waals surface area contributed by atoms with Crippen LogP contribution >= 0.6 is 11.6 Å². The van der Waals surface area contributed by atoms with Gasteiger partial charge in [-0.1, -0.05) is 23.7 Å². The Morgan fingerprint density at radius 3 is 2.68 bits per heavy atom. The molecule has 2 saturated carbocycles. The molecule has 2 aliphatic carbocycles. The highest BCUT2D eigenvalue weighted by Crippen LogP contribution is 2.62. The van der Waals surface area contributed by atoms with Gasteiger partial charge in [-0.25, -0.2) is 4.39 Å². The Kier molecular flexibility index (Phi) is 3.63. The zero-order valence-electron chi connectivity index (χ0n) is 12.3. The van der Waals surface area contributed by atoms with Gasteiger partial charge in [-0.2, -0.15) is 0 Å². The van der Waals surface area contributed by atoms with E-state index < -0.39 is 16.5 Å². The number of rotatable bonds is 5. The Hall–Kier alpha value is -1.62. The highest BCUT2D eigenvalue weighted by molar-refractivity contribution is 6.28. The van der Waals surface area contributed by atoms with Crippen molar-refractivity contribution in [3.8, 4) is 0 Å². The summed E-state index contributed by atoms with van der Waals surface area (Å²) in [5.74, 6) is -0.508.